The molecular formula is C11H19N3S. The lowest BCUT2D eigenvalue weighted by molar-refractivity contribution is 0.471. The molecule has 0 aromatic carbocycles. The molecule has 1 atom stereocenters. The molecule has 84 valence electrons. The molecule has 1 aliphatic rings. The van der Waals surface area contributed by atoms with Crippen LogP contribution in [0.25, 0.3) is 0 Å². The summed E-state index contributed by atoms with van der Waals surface area (Å²) in [5, 5.41) is 9.19. The second-order valence-corrected chi connectivity index (χ2v) is 4.78. The van der Waals surface area contributed by atoms with E-state index < -0.39 is 0 Å². The molecule has 0 bridgehead atoms. The first-order chi connectivity index (χ1) is 7.45. The van der Waals surface area contributed by atoms with E-state index in [2.05, 4.69) is 21.0 Å². The summed E-state index contributed by atoms with van der Waals surface area (Å²) in [6.07, 6.45) is 4.93. The Bertz CT molecular complexity index is 253. The Labute approximate surface area is 95.3 Å². The molecule has 0 amide bonds. The van der Waals surface area contributed by atoms with Crippen LogP contribution in [0.3, 0.4) is 0 Å². The average molecular weight is 225 g/mol. The van der Waals surface area contributed by atoms with Crippen LogP contribution in [-0.4, -0.2) is 30.7 Å². The zero-order valence-corrected chi connectivity index (χ0v) is 9.85. The SMILES string of the molecule is c1nc(CCNC2CCCNCC2)cs1. The zero-order chi connectivity index (χ0) is 10.3. The van der Waals surface area contributed by atoms with Gasteiger partial charge < -0.3 is 10.6 Å². The molecule has 15 heavy (non-hydrogen) atoms. The third-order valence-electron chi connectivity index (χ3n) is 2.87. The van der Waals surface area contributed by atoms with Crippen LogP contribution in [0.15, 0.2) is 10.9 Å². The topological polar surface area (TPSA) is 37.0 Å². The van der Waals surface area contributed by atoms with E-state index in [1.54, 1.807) is 11.3 Å². The van der Waals surface area contributed by atoms with Crippen molar-refractivity contribution in [3.05, 3.63) is 16.6 Å². The first-order valence-corrected chi connectivity index (χ1v) is 6.70. The summed E-state index contributed by atoms with van der Waals surface area (Å²) >= 11 is 1.68. The first kappa shape index (κ1) is 11.0. The van der Waals surface area contributed by atoms with Gasteiger partial charge in [-0.05, 0) is 32.4 Å². The lowest BCUT2D eigenvalue weighted by atomic mass is 10.1. The van der Waals surface area contributed by atoms with Crippen LogP contribution in [-0.2, 0) is 6.42 Å². The molecule has 1 unspecified atom stereocenters. The number of thiazole rings is 1. The molecule has 1 saturated heterocycles. The van der Waals surface area contributed by atoms with Crippen LogP contribution < -0.4 is 10.6 Å². The monoisotopic (exact) mass is 225 g/mol. The molecule has 2 rings (SSSR count). The zero-order valence-electron chi connectivity index (χ0n) is 9.04. The van der Waals surface area contributed by atoms with Crippen LogP contribution in [0.4, 0.5) is 0 Å². The Balaban J connectivity index is 1.64. The number of nitrogens with one attached hydrogen (secondary N) is 2. The molecular weight excluding hydrogens is 206 g/mol. The van der Waals surface area contributed by atoms with Crippen LogP contribution >= 0.6 is 11.3 Å². The Morgan fingerprint density at radius 3 is 3.33 bits per heavy atom. The molecule has 4 heteroatoms. The van der Waals surface area contributed by atoms with E-state index in [1.807, 2.05) is 5.51 Å². The highest BCUT2D eigenvalue weighted by molar-refractivity contribution is 7.07. The van der Waals surface area contributed by atoms with Crippen molar-refractivity contribution in [2.45, 2.75) is 31.7 Å². The highest BCUT2D eigenvalue weighted by Crippen LogP contribution is 2.05. The van der Waals surface area contributed by atoms with Crippen molar-refractivity contribution in [3.8, 4) is 0 Å². The van der Waals surface area contributed by atoms with Gasteiger partial charge >= 0.3 is 0 Å². The summed E-state index contributed by atoms with van der Waals surface area (Å²) < 4.78 is 0. The van der Waals surface area contributed by atoms with Crippen LogP contribution in [0.5, 0.6) is 0 Å². The van der Waals surface area contributed by atoms with Crippen LogP contribution in [0.1, 0.15) is 25.0 Å². The van der Waals surface area contributed by atoms with Gasteiger partial charge in [0.05, 0.1) is 11.2 Å². The van der Waals surface area contributed by atoms with Gasteiger partial charge in [-0.15, -0.1) is 11.3 Å². The Kier molecular flexibility index (Phi) is 4.57. The maximum absolute atomic E-state index is 4.28. The standard InChI is InChI=1S/C11H19N3S/c1-2-10(3-6-12-5-1)13-7-4-11-8-15-9-14-11/h8-10,12-13H,1-7H2. The average Bonchev–Trinajstić information content (AvgIpc) is 2.62. The summed E-state index contributed by atoms with van der Waals surface area (Å²) in [5.74, 6) is 0. The minimum absolute atomic E-state index is 0.707. The van der Waals surface area contributed by atoms with Crippen molar-refractivity contribution in [2.75, 3.05) is 19.6 Å². The minimum atomic E-state index is 0.707. The third kappa shape index (κ3) is 3.89. The first-order valence-electron chi connectivity index (χ1n) is 5.76. The van der Waals surface area contributed by atoms with Gasteiger partial charge in [-0.3, -0.25) is 0 Å². The second kappa shape index (κ2) is 6.20. The van der Waals surface area contributed by atoms with E-state index in [4.69, 9.17) is 0 Å². The molecule has 1 aromatic heterocycles. The van der Waals surface area contributed by atoms with E-state index >= 15 is 0 Å². The van der Waals surface area contributed by atoms with Gasteiger partial charge in [-0.2, -0.15) is 0 Å². The third-order valence-corrected chi connectivity index (χ3v) is 3.51. The Morgan fingerprint density at radius 1 is 1.47 bits per heavy atom. The summed E-state index contributed by atoms with van der Waals surface area (Å²) in [4.78, 5) is 4.28. The van der Waals surface area contributed by atoms with E-state index in [1.165, 1.54) is 31.5 Å². The van der Waals surface area contributed by atoms with Crippen LogP contribution in [0.2, 0.25) is 0 Å². The number of aromatic nitrogens is 1. The fraction of sp³-hybridized carbons (Fsp3) is 0.727. The molecule has 2 heterocycles. The minimum Gasteiger partial charge on any atom is -0.317 e. The Morgan fingerprint density at radius 2 is 2.47 bits per heavy atom. The molecule has 2 N–H and O–H groups in total. The predicted molar refractivity (Wildman–Crippen MR) is 64.3 cm³/mol. The van der Waals surface area contributed by atoms with Gasteiger partial charge in [-0.25, -0.2) is 4.98 Å². The normalized spacial score (nSPS) is 22.5. The second-order valence-electron chi connectivity index (χ2n) is 4.06. The summed E-state index contributed by atoms with van der Waals surface area (Å²) in [7, 11) is 0. The quantitative estimate of drug-likeness (QED) is 0.813. The van der Waals surface area contributed by atoms with Gasteiger partial charge in [0.25, 0.3) is 0 Å². The molecule has 1 aromatic rings. The number of rotatable bonds is 4. The highest BCUT2D eigenvalue weighted by Gasteiger charge is 2.10. The summed E-state index contributed by atoms with van der Waals surface area (Å²) in [6.45, 7) is 3.41. The molecule has 0 radical (unpaired) electrons. The molecule has 1 fully saturated rings. The Hall–Kier alpha value is -0.450. The summed E-state index contributed by atoms with van der Waals surface area (Å²) in [6, 6.07) is 0.707. The van der Waals surface area contributed by atoms with Crippen molar-refractivity contribution in [2.24, 2.45) is 0 Å². The fourth-order valence-corrected chi connectivity index (χ4v) is 2.58. The molecule has 0 spiro atoms. The number of hydrogen-bond acceptors (Lipinski definition) is 4. The van der Waals surface area contributed by atoms with Crippen LogP contribution in [0, 0.1) is 0 Å². The maximum atomic E-state index is 4.28. The molecule has 0 saturated carbocycles. The molecule has 0 aliphatic carbocycles. The van der Waals surface area contributed by atoms with Gasteiger partial charge in [0.15, 0.2) is 0 Å². The van der Waals surface area contributed by atoms with Gasteiger partial charge in [0, 0.05) is 24.4 Å². The molecule has 3 nitrogen and oxygen atoms in total. The van der Waals surface area contributed by atoms with E-state index in [0.29, 0.717) is 6.04 Å². The van der Waals surface area contributed by atoms with Crippen molar-refractivity contribution < 1.29 is 0 Å². The fourth-order valence-electron chi connectivity index (χ4n) is 1.99. The van der Waals surface area contributed by atoms with Crippen molar-refractivity contribution >= 4 is 11.3 Å². The lowest BCUT2D eigenvalue weighted by Gasteiger charge is -2.15. The van der Waals surface area contributed by atoms with Gasteiger partial charge in [-0.1, -0.05) is 0 Å². The maximum Gasteiger partial charge on any atom is 0.0794 e. The van der Waals surface area contributed by atoms with Crippen molar-refractivity contribution in [1.29, 1.82) is 0 Å². The van der Waals surface area contributed by atoms with Crippen molar-refractivity contribution in [1.82, 2.24) is 15.6 Å². The summed E-state index contributed by atoms with van der Waals surface area (Å²) in [5.41, 5.74) is 3.13. The highest BCUT2D eigenvalue weighted by atomic mass is 32.1. The smallest absolute Gasteiger partial charge is 0.0794 e. The number of nitrogens with zero attached hydrogens (tertiary/aromatic N) is 1. The van der Waals surface area contributed by atoms with E-state index in [-0.39, 0.29) is 0 Å². The van der Waals surface area contributed by atoms with Gasteiger partial charge in [0.1, 0.15) is 0 Å². The predicted octanol–water partition coefficient (Wildman–Crippen LogP) is 1.42. The largest absolute Gasteiger partial charge is 0.317 e. The van der Waals surface area contributed by atoms with E-state index in [0.717, 1.165) is 19.5 Å². The van der Waals surface area contributed by atoms with Gasteiger partial charge in [0.2, 0.25) is 0 Å². The lowest BCUT2D eigenvalue weighted by Crippen LogP contribution is -2.31. The molecule has 1 aliphatic heterocycles. The van der Waals surface area contributed by atoms with E-state index in [9.17, 15) is 0 Å². The number of hydrogen-bond donors (Lipinski definition) is 2. The van der Waals surface area contributed by atoms with Crippen molar-refractivity contribution in [3.63, 3.8) is 0 Å².